The van der Waals surface area contributed by atoms with Crippen LogP contribution in [-0.2, 0) is 9.53 Å². The van der Waals surface area contributed by atoms with Crippen LogP contribution in [0.25, 0.3) is 0 Å². The molecule has 1 aromatic carbocycles. The molecule has 0 radical (unpaired) electrons. The molecule has 3 aliphatic rings. The Hall–Kier alpha value is -2.71. The molecule has 1 aromatic rings. The summed E-state index contributed by atoms with van der Waals surface area (Å²) in [5.74, 6) is 0.263. The quantitative estimate of drug-likeness (QED) is 0.203. The van der Waals surface area contributed by atoms with Crippen molar-refractivity contribution in [3.05, 3.63) is 57.7 Å². The fourth-order valence-electron chi connectivity index (χ4n) is 6.72. The van der Waals surface area contributed by atoms with Gasteiger partial charge in [-0.15, -0.1) is 0 Å². The molecule has 1 heterocycles. The molecule has 8 heteroatoms. The van der Waals surface area contributed by atoms with E-state index in [9.17, 15) is 25.1 Å². The molecule has 2 aliphatic carbocycles. The fraction of sp³-hybridized carbons (Fsp3) is 0.593. The number of aliphatic hydroxyl groups excluding tert-OH is 2. The van der Waals surface area contributed by atoms with Gasteiger partial charge >= 0.3 is 5.97 Å². The largest absolute Gasteiger partial charge is 0.482 e. The Morgan fingerprint density at radius 1 is 1.34 bits per heavy atom. The molecule has 1 aliphatic heterocycles. The van der Waals surface area contributed by atoms with Crippen molar-refractivity contribution >= 4 is 11.7 Å². The molecule has 1 saturated heterocycles. The number of fused-ring (bicyclic) bond motifs is 1. The van der Waals surface area contributed by atoms with E-state index in [1.807, 2.05) is 13.0 Å². The van der Waals surface area contributed by atoms with Gasteiger partial charge in [0.2, 0.25) is 0 Å². The summed E-state index contributed by atoms with van der Waals surface area (Å²) in [7, 11) is 0. The minimum absolute atomic E-state index is 0.0120. The molecule has 35 heavy (non-hydrogen) atoms. The summed E-state index contributed by atoms with van der Waals surface area (Å²) in [6.07, 6.45) is 4.50. The molecule has 2 saturated carbocycles. The van der Waals surface area contributed by atoms with E-state index in [1.54, 1.807) is 13.0 Å². The first-order chi connectivity index (χ1) is 16.5. The summed E-state index contributed by atoms with van der Waals surface area (Å²) in [4.78, 5) is 23.2. The van der Waals surface area contributed by atoms with Crippen LogP contribution in [0.4, 0.5) is 5.69 Å². The van der Waals surface area contributed by atoms with Gasteiger partial charge in [0.1, 0.15) is 12.4 Å². The maximum atomic E-state index is 12.5. The van der Waals surface area contributed by atoms with Crippen molar-refractivity contribution in [2.24, 2.45) is 22.7 Å². The highest BCUT2D eigenvalue weighted by atomic mass is 16.6. The highest BCUT2D eigenvalue weighted by Crippen LogP contribution is 2.61. The van der Waals surface area contributed by atoms with Gasteiger partial charge in [0.25, 0.3) is 5.69 Å². The lowest BCUT2D eigenvalue weighted by Crippen LogP contribution is -2.57. The zero-order valence-corrected chi connectivity index (χ0v) is 20.7. The van der Waals surface area contributed by atoms with Gasteiger partial charge in [-0.2, -0.15) is 0 Å². The molecule has 0 spiro atoms. The summed E-state index contributed by atoms with van der Waals surface area (Å²) < 4.78 is 11.3. The number of carbonyl (C=O) groups excluding carboxylic acids is 1. The second-order valence-corrected chi connectivity index (χ2v) is 10.8. The third-order valence-corrected chi connectivity index (χ3v) is 8.86. The predicted octanol–water partition coefficient (Wildman–Crippen LogP) is 4.27. The van der Waals surface area contributed by atoms with Gasteiger partial charge in [0, 0.05) is 17.0 Å². The molecule has 3 fully saturated rings. The Balaban J connectivity index is 1.56. The fourth-order valence-corrected chi connectivity index (χ4v) is 6.72. The molecule has 190 valence electrons. The monoisotopic (exact) mass is 485 g/mol. The lowest BCUT2D eigenvalue weighted by atomic mass is 9.46. The minimum Gasteiger partial charge on any atom is -0.482 e. The van der Waals surface area contributed by atoms with Crippen LogP contribution in [0, 0.1) is 39.7 Å². The number of hydrogen-bond donors (Lipinski definition) is 2. The molecule has 2 unspecified atom stereocenters. The van der Waals surface area contributed by atoms with Gasteiger partial charge in [-0.1, -0.05) is 32.1 Å². The number of aliphatic hydroxyl groups is 2. The highest BCUT2D eigenvalue weighted by molar-refractivity contribution is 5.91. The van der Waals surface area contributed by atoms with E-state index in [4.69, 9.17) is 9.47 Å². The Morgan fingerprint density at radius 2 is 2.09 bits per heavy atom. The maximum absolute atomic E-state index is 12.5. The van der Waals surface area contributed by atoms with Crippen LogP contribution in [0.2, 0.25) is 0 Å². The first-order valence-corrected chi connectivity index (χ1v) is 12.3. The molecule has 0 amide bonds. The maximum Gasteiger partial charge on any atom is 0.337 e. The first-order valence-electron chi connectivity index (χ1n) is 12.3. The van der Waals surface area contributed by atoms with Gasteiger partial charge in [-0.25, -0.2) is 4.79 Å². The number of cyclic esters (lactones) is 1. The molecule has 8 nitrogen and oxygen atoms in total. The zero-order valence-electron chi connectivity index (χ0n) is 20.7. The number of nitrogens with zero attached hydrogens (tertiary/aromatic N) is 1. The summed E-state index contributed by atoms with van der Waals surface area (Å²) in [6, 6.07) is 4.52. The minimum atomic E-state index is -0.597. The van der Waals surface area contributed by atoms with Gasteiger partial charge < -0.3 is 19.7 Å². The van der Waals surface area contributed by atoms with Crippen LogP contribution in [0.15, 0.2) is 42.0 Å². The number of rotatable bonds is 6. The Bertz CT molecular complexity index is 1070. The van der Waals surface area contributed by atoms with Crippen molar-refractivity contribution in [1.82, 2.24) is 0 Å². The number of esters is 1. The van der Waals surface area contributed by atoms with E-state index in [0.717, 1.165) is 24.8 Å². The second kappa shape index (κ2) is 9.39. The molecular weight excluding hydrogens is 450 g/mol. The lowest BCUT2D eigenvalue weighted by molar-refractivity contribution is -0.385. The van der Waals surface area contributed by atoms with E-state index in [1.165, 1.54) is 12.1 Å². The molecule has 4 rings (SSSR count). The molecular formula is C27H35NO7. The molecule has 2 N–H and O–H groups in total. The average Bonchev–Trinajstić information content (AvgIpc) is 3.15. The van der Waals surface area contributed by atoms with E-state index in [0.29, 0.717) is 29.7 Å². The van der Waals surface area contributed by atoms with Gasteiger partial charge in [0.05, 0.1) is 23.2 Å². The van der Waals surface area contributed by atoms with Gasteiger partial charge in [-0.3, -0.25) is 10.1 Å². The van der Waals surface area contributed by atoms with Crippen LogP contribution in [0.5, 0.6) is 5.75 Å². The van der Waals surface area contributed by atoms with Crippen LogP contribution in [0.3, 0.4) is 0 Å². The number of hydrogen-bond acceptors (Lipinski definition) is 7. The summed E-state index contributed by atoms with van der Waals surface area (Å²) >= 11 is 0. The van der Waals surface area contributed by atoms with E-state index in [2.05, 4.69) is 13.5 Å². The first kappa shape index (κ1) is 25.4. The number of allylic oxidation sites excluding steroid dienone is 2. The van der Waals surface area contributed by atoms with Gasteiger partial charge in [-0.05, 0) is 68.4 Å². The topological polar surface area (TPSA) is 119 Å². The molecule has 6 atom stereocenters. The third-order valence-electron chi connectivity index (χ3n) is 8.86. The number of benzene rings is 1. The SMILES string of the molecule is C=C1CC[C@H]2[C@@](C)(CCC(O)[C@@]2(C)CO)C1C/C=C1/C(=O)OC[C@H]1Oc1ccc([N+](=O)[O-])c(C)c1. The Morgan fingerprint density at radius 3 is 2.74 bits per heavy atom. The number of carbonyl (C=O) groups is 1. The Kier molecular flexibility index (Phi) is 6.81. The van der Waals surface area contributed by atoms with E-state index < -0.39 is 28.5 Å². The summed E-state index contributed by atoms with van der Waals surface area (Å²) in [5.41, 5.74) is 1.35. The second-order valence-electron chi connectivity index (χ2n) is 10.8. The van der Waals surface area contributed by atoms with Crippen molar-refractivity contribution in [3.63, 3.8) is 0 Å². The summed E-state index contributed by atoms with van der Waals surface area (Å²) in [5, 5.41) is 32.0. The third kappa shape index (κ3) is 4.38. The van der Waals surface area contributed by atoms with Crippen molar-refractivity contribution in [2.75, 3.05) is 13.2 Å². The van der Waals surface area contributed by atoms with Crippen LogP contribution in [0.1, 0.15) is 51.5 Å². The van der Waals surface area contributed by atoms with E-state index >= 15 is 0 Å². The van der Waals surface area contributed by atoms with E-state index in [-0.39, 0.29) is 36.2 Å². The molecule has 0 aromatic heterocycles. The lowest BCUT2D eigenvalue weighted by Gasteiger charge is -2.59. The number of ether oxygens (including phenoxy) is 2. The summed E-state index contributed by atoms with van der Waals surface area (Å²) in [6.45, 7) is 10.2. The van der Waals surface area contributed by atoms with Crippen molar-refractivity contribution < 1.29 is 29.4 Å². The van der Waals surface area contributed by atoms with Crippen LogP contribution >= 0.6 is 0 Å². The highest BCUT2D eigenvalue weighted by Gasteiger charge is 2.57. The average molecular weight is 486 g/mol. The number of nitro benzene ring substituents is 1. The predicted molar refractivity (Wildman–Crippen MR) is 130 cm³/mol. The van der Waals surface area contributed by atoms with Crippen molar-refractivity contribution in [3.8, 4) is 5.75 Å². The van der Waals surface area contributed by atoms with Gasteiger partial charge in [0.15, 0.2) is 6.10 Å². The van der Waals surface area contributed by atoms with Crippen LogP contribution < -0.4 is 4.74 Å². The zero-order chi connectivity index (χ0) is 25.5. The number of nitro groups is 1. The van der Waals surface area contributed by atoms with Crippen LogP contribution in [-0.4, -0.2) is 46.5 Å². The smallest absolute Gasteiger partial charge is 0.337 e. The van der Waals surface area contributed by atoms with Crippen molar-refractivity contribution in [2.45, 2.75) is 65.1 Å². The normalized spacial score (nSPS) is 36.1. The van der Waals surface area contributed by atoms with Crippen molar-refractivity contribution in [1.29, 1.82) is 0 Å². The number of aryl methyl sites for hydroxylation is 1. The standard InChI is InChI=1S/C27H35NO7/c1-16-5-10-23-26(3,12-11-24(30)27(23,4)15-29)20(16)8-7-19-22(14-34-25(19)31)35-18-6-9-21(28(32)33)17(2)13-18/h6-7,9,13,20,22-24,29-30H,1,5,8,10-12,14-15H2,2-4H3/b19-7+/t20?,22-,23+,24?,26+,27+/m1/s1. The Labute approximate surface area is 205 Å². The molecule has 0 bridgehead atoms.